The van der Waals surface area contributed by atoms with Gasteiger partial charge in [0.2, 0.25) is 5.91 Å². The number of halogens is 3. The number of carbonyl (C=O) groups is 2. The van der Waals surface area contributed by atoms with E-state index >= 15 is 0 Å². The first kappa shape index (κ1) is 30.0. The van der Waals surface area contributed by atoms with Crippen molar-refractivity contribution >= 4 is 17.5 Å². The van der Waals surface area contributed by atoms with Crippen LogP contribution >= 0.6 is 0 Å². The van der Waals surface area contributed by atoms with Crippen molar-refractivity contribution in [1.29, 1.82) is 0 Å². The Bertz CT molecular complexity index is 1210. The summed E-state index contributed by atoms with van der Waals surface area (Å²) < 4.78 is 47.1. The van der Waals surface area contributed by atoms with Gasteiger partial charge < -0.3 is 20.7 Å². The molecule has 2 aliphatic heterocycles. The second-order valence-corrected chi connectivity index (χ2v) is 10.8. The molecule has 2 amide bonds. The zero-order valence-corrected chi connectivity index (χ0v) is 23.3. The molecule has 0 aliphatic carbocycles. The molecule has 3 N–H and O–H groups in total. The number of piperazine rings is 1. The van der Waals surface area contributed by atoms with Crippen LogP contribution in [0.4, 0.5) is 18.9 Å². The van der Waals surface area contributed by atoms with Crippen molar-refractivity contribution in [3.8, 4) is 0 Å². The van der Waals surface area contributed by atoms with Crippen molar-refractivity contribution in [2.75, 3.05) is 58.8 Å². The Balaban J connectivity index is 1.51. The fourth-order valence-corrected chi connectivity index (χ4v) is 5.58. The van der Waals surface area contributed by atoms with Gasteiger partial charge in [0.25, 0.3) is 5.91 Å². The number of likely N-dealkylation sites (N-methyl/N-ethyl adjacent to an activating group) is 1. The molecule has 40 heavy (non-hydrogen) atoms. The maximum absolute atomic E-state index is 14.0. The van der Waals surface area contributed by atoms with Crippen LogP contribution in [0.3, 0.4) is 0 Å². The predicted octanol–water partition coefficient (Wildman–Crippen LogP) is 3.51. The van der Waals surface area contributed by atoms with Crippen molar-refractivity contribution in [3.05, 3.63) is 64.2 Å². The molecule has 2 aromatic carbocycles. The highest BCUT2D eigenvalue weighted by molar-refractivity contribution is 6.04. The largest absolute Gasteiger partial charge is 0.416 e. The second kappa shape index (κ2) is 12.7. The van der Waals surface area contributed by atoms with Gasteiger partial charge in [0.15, 0.2) is 0 Å². The van der Waals surface area contributed by atoms with E-state index in [4.69, 9.17) is 10.5 Å². The number of carbonyl (C=O) groups excluding carboxylic acids is 2. The van der Waals surface area contributed by atoms with Crippen LogP contribution in [0, 0.1) is 0 Å². The Morgan fingerprint density at radius 1 is 1.12 bits per heavy atom. The minimum absolute atomic E-state index is 0.0838. The molecule has 1 saturated heterocycles. The van der Waals surface area contributed by atoms with E-state index in [1.54, 1.807) is 19.2 Å². The van der Waals surface area contributed by atoms with E-state index < -0.39 is 29.6 Å². The average molecular weight is 562 g/mol. The van der Waals surface area contributed by atoms with E-state index in [1.165, 1.54) is 12.1 Å². The molecule has 11 heteroatoms. The maximum atomic E-state index is 14.0. The van der Waals surface area contributed by atoms with Gasteiger partial charge in [0.05, 0.1) is 11.6 Å². The van der Waals surface area contributed by atoms with Crippen LogP contribution in [-0.4, -0.2) is 86.0 Å². The molecule has 0 saturated carbocycles. The number of nitrogens with two attached hydrogens (primary N) is 1. The first-order valence-corrected chi connectivity index (χ1v) is 13.5. The fourth-order valence-electron chi connectivity index (χ4n) is 5.58. The molecule has 8 nitrogen and oxygen atoms in total. The zero-order valence-electron chi connectivity index (χ0n) is 23.3. The third-order valence-electron chi connectivity index (χ3n) is 7.85. The number of nitrogens with zero attached hydrogens (tertiary/aromatic N) is 3. The van der Waals surface area contributed by atoms with Crippen molar-refractivity contribution in [2.45, 2.75) is 44.6 Å². The van der Waals surface area contributed by atoms with Crippen molar-refractivity contribution in [1.82, 2.24) is 14.7 Å². The zero-order chi connectivity index (χ0) is 29.0. The Kier molecular flexibility index (Phi) is 9.50. The minimum Gasteiger partial charge on any atom is -0.385 e. The normalized spacial score (nSPS) is 19.7. The highest BCUT2D eigenvalue weighted by atomic mass is 19.4. The Labute approximate surface area is 233 Å². The summed E-state index contributed by atoms with van der Waals surface area (Å²) in [7, 11) is 3.56. The quantitative estimate of drug-likeness (QED) is 0.487. The third kappa shape index (κ3) is 7.20. The van der Waals surface area contributed by atoms with Gasteiger partial charge in [-0.3, -0.25) is 19.4 Å². The first-order chi connectivity index (χ1) is 19.0. The van der Waals surface area contributed by atoms with E-state index in [-0.39, 0.29) is 23.7 Å². The van der Waals surface area contributed by atoms with Crippen LogP contribution < -0.4 is 11.1 Å². The number of anilines is 1. The lowest BCUT2D eigenvalue weighted by Crippen LogP contribution is -2.48. The molecule has 1 unspecified atom stereocenters. The van der Waals surface area contributed by atoms with Crippen LogP contribution in [-0.2, 0) is 28.8 Å². The molecule has 0 radical (unpaired) electrons. The van der Waals surface area contributed by atoms with Crippen molar-refractivity contribution < 1.29 is 27.5 Å². The third-order valence-corrected chi connectivity index (χ3v) is 7.85. The monoisotopic (exact) mass is 561 g/mol. The molecule has 2 atom stereocenters. The Morgan fingerprint density at radius 3 is 2.50 bits per heavy atom. The van der Waals surface area contributed by atoms with Crippen molar-refractivity contribution in [3.63, 3.8) is 0 Å². The number of primary amides is 1. The maximum Gasteiger partial charge on any atom is 0.416 e. The van der Waals surface area contributed by atoms with E-state index in [0.717, 1.165) is 30.3 Å². The average Bonchev–Trinajstić information content (AvgIpc) is 2.90. The number of amides is 2. The molecule has 0 bridgehead atoms. The van der Waals surface area contributed by atoms with E-state index in [1.807, 2.05) is 29.8 Å². The summed E-state index contributed by atoms with van der Waals surface area (Å²) in [6.45, 7) is 6.72. The number of benzene rings is 2. The lowest BCUT2D eigenvalue weighted by Gasteiger charge is -2.37. The van der Waals surface area contributed by atoms with E-state index in [9.17, 15) is 22.8 Å². The number of fused-ring (bicyclic) bond motifs is 1. The second-order valence-electron chi connectivity index (χ2n) is 10.8. The lowest BCUT2D eigenvalue weighted by atomic mass is 9.88. The number of nitrogens with one attached hydrogen (secondary N) is 1. The lowest BCUT2D eigenvalue weighted by molar-refractivity contribution is -0.138. The van der Waals surface area contributed by atoms with Crippen LogP contribution in [0.5, 0.6) is 0 Å². The molecule has 0 spiro atoms. The standard InChI is InChI=1S/C29H38F3N5O3/c1-19-16-37(26(27(33)38)8-13-40-3)18-22-14-20(5-7-24(19)22)28(39)34-23-6-4-21(25(15-23)29(30,31)32)17-36-11-9-35(2)10-12-36/h4-7,14-15,19,26H,8-13,16-18H2,1-3H3,(H2,33,38)(H,34,39)/t19-,26?/m0/s1. The summed E-state index contributed by atoms with van der Waals surface area (Å²) in [6.07, 6.45) is -4.09. The molecule has 1 fully saturated rings. The SMILES string of the molecule is COCCC(C(N)=O)N1Cc2cc(C(=O)Nc3ccc(CN4CCN(C)CC4)c(C(F)(F)F)c3)ccc2[C@@H](C)C1. The van der Waals surface area contributed by atoms with Crippen LogP contribution in [0.2, 0.25) is 0 Å². The molecular weight excluding hydrogens is 523 g/mol. The summed E-state index contributed by atoms with van der Waals surface area (Å²) in [6, 6.07) is 8.79. The number of methoxy groups -OCH3 is 1. The van der Waals surface area contributed by atoms with Crippen LogP contribution in [0.15, 0.2) is 36.4 Å². The van der Waals surface area contributed by atoms with E-state index in [0.29, 0.717) is 44.8 Å². The first-order valence-electron chi connectivity index (χ1n) is 13.5. The van der Waals surface area contributed by atoms with E-state index in [2.05, 4.69) is 10.2 Å². The number of alkyl halides is 3. The molecule has 2 heterocycles. The van der Waals surface area contributed by atoms with Crippen LogP contribution in [0.1, 0.15) is 51.9 Å². The summed E-state index contributed by atoms with van der Waals surface area (Å²) in [4.78, 5) is 31.4. The number of hydrogen-bond donors (Lipinski definition) is 2. The number of rotatable bonds is 9. The highest BCUT2D eigenvalue weighted by Crippen LogP contribution is 2.35. The number of ether oxygens (including phenoxy) is 1. The number of hydrogen-bond acceptors (Lipinski definition) is 6. The Morgan fingerprint density at radius 2 is 1.85 bits per heavy atom. The van der Waals surface area contributed by atoms with Gasteiger partial charge >= 0.3 is 6.18 Å². The van der Waals surface area contributed by atoms with Gasteiger partial charge in [-0.05, 0) is 60.3 Å². The topological polar surface area (TPSA) is 91.1 Å². The summed E-state index contributed by atoms with van der Waals surface area (Å²) in [5.41, 5.74) is 7.47. The molecule has 0 aromatic heterocycles. The molecule has 4 rings (SSSR count). The Hall–Kier alpha value is -2.99. The predicted molar refractivity (Wildman–Crippen MR) is 147 cm³/mol. The smallest absolute Gasteiger partial charge is 0.385 e. The van der Waals surface area contributed by atoms with Gasteiger partial charge in [-0.2, -0.15) is 13.2 Å². The summed E-state index contributed by atoms with van der Waals surface area (Å²) >= 11 is 0. The molecule has 2 aliphatic rings. The summed E-state index contributed by atoms with van der Waals surface area (Å²) in [5, 5.41) is 2.64. The fraction of sp³-hybridized carbons (Fsp3) is 0.517. The molecule has 218 valence electrons. The van der Waals surface area contributed by atoms with Gasteiger partial charge in [-0.25, -0.2) is 0 Å². The van der Waals surface area contributed by atoms with Gasteiger partial charge in [0, 0.05) is 70.8 Å². The molecular formula is C29H38F3N5O3. The minimum atomic E-state index is -4.55. The van der Waals surface area contributed by atoms with Gasteiger partial charge in [-0.1, -0.05) is 19.1 Å². The van der Waals surface area contributed by atoms with Gasteiger partial charge in [-0.15, -0.1) is 0 Å². The van der Waals surface area contributed by atoms with Crippen molar-refractivity contribution in [2.24, 2.45) is 5.73 Å². The summed E-state index contributed by atoms with van der Waals surface area (Å²) in [5.74, 6) is -0.830. The van der Waals surface area contributed by atoms with Crippen LogP contribution in [0.25, 0.3) is 0 Å². The highest BCUT2D eigenvalue weighted by Gasteiger charge is 2.35. The van der Waals surface area contributed by atoms with Gasteiger partial charge in [0.1, 0.15) is 0 Å². The molecule has 2 aromatic rings.